The molecule has 5 rings (SSSR count). The summed E-state index contributed by atoms with van der Waals surface area (Å²) >= 11 is 0. The number of nitrogens with one attached hydrogen (secondary N) is 3. The number of benzene rings is 2. The second kappa shape index (κ2) is 7.16. The molecule has 3 N–H and O–H groups in total. The van der Waals surface area contributed by atoms with E-state index in [1.54, 1.807) is 24.3 Å². The first-order chi connectivity index (χ1) is 15.5. The fraction of sp³-hybridized carbons (Fsp3) is 0.174. The van der Waals surface area contributed by atoms with E-state index >= 15 is 0 Å². The Morgan fingerprint density at radius 3 is 2.22 bits per heavy atom. The van der Waals surface area contributed by atoms with E-state index in [-0.39, 0.29) is 17.2 Å². The number of ketones is 1. The zero-order chi connectivity index (χ0) is 22.6. The maximum absolute atomic E-state index is 13.5. The summed E-state index contributed by atoms with van der Waals surface area (Å²) in [6.45, 7) is 0. The van der Waals surface area contributed by atoms with Crippen LogP contribution in [0.1, 0.15) is 33.0 Å². The van der Waals surface area contributed by atoms with Crippen LogP contribution >= 0.6 is 0 Å². The SMILES string of the molecule is COc1ccc(C2C3=C(Nc4[nH]c(=O)[nH]c(=O)c42)c2ccccc2C3=O)c(OC)c1OC. The van der Waals surface area contributed by atoms with E-state index in [0.29, 0.717) is 45.2 Å². The highest BCUT2D eigenvalue weighted by Crippen LogP contribution is 2.52. The Labute approximate surface area is 181 Å². The minimum Gasteiger partial charge on any atom is -0.493 e. The number of fused-ring (bicyclic) bond motifs is 3. The number of ether oxygens (including phenoxy) is 3. The van der Waals surface area contributed by atoms with Gasteiger partial charge in [0, 0.05) is 22.3 Å². The molecule has 32 heavy (non-hydrogen) atoms. The number of carbonyl (C=O) groups is 1. The lowest BCUT2D eigenvalue weighted by molar-refractivity contribution is 0.103. The number of aromatic nitrogens is 2. The number of allylic oxidation sites excluding steroid dienone is 1. The molecular weight excluding hydrogens is 414 g/mol. The van der Waals surface area contributed by atoms with Gasteiger partial charge in [0.25, 0.3) is 5.56 Å². The normalized spacial score (nSPS) is 16.1. The van der Waals surface area contributed by atoms with Gasteiger partial charge in [0.15, 0.2) is 17.3 Å². The Bertz CT molecular complexity index is 1430. The maximum atomic E-state index is 13.5. The van der Waals surface area contributed by atoms with Crippen molar-refractivity contribution in [2.75, 3.05) is 26.6 Å². The fourth-order valence-corrected chi connectivity index (χ4v) is 4.52. The molecule has 3 aromatic rings. The Morgan fingerprint density at radius 2 is 1.53 bits per heavy atom. The van der Waals surface area contributed by atoms with Crippen LogP contribution in [-0.2, 0) is 0 Å². The number of methoxy groups -OCH3 is 3. The molecule has 2 heterocycles. The number of carbonyl (C=O) groups excluding carboxylic acids is 1. The minimum absolute atomic E-state index is 0.204. The van der Waals surface area contributed by atoms with E-state index in [1.165, 1.54) is 21.3 Å². The summed E-state index contributed by atoms with van der Waals surface area (Å²) in [7, 11) is 4.45. The van der Waals surface area contributed by atoms with Crippen LogP contribution in [0.5, 0.6) is 17.2 Å². The van der Waals surface area contributed by atoms with Crippen molar-refractivity contribution >= 4 is 17.3 Å². The smallest absolute Gasteiger partial charge is 0.327 e. The van der Waals surface area contributed by atoms with E-state index in [1.807, 2.05) is 12.1 Å². The molecular formula is C23H19N3O6. The van der Waals surface area contributed by atoms with Gasteiger partial charge >= 0.3 is 5.69 Å². The van der Waals surface area contributed by atoms with E-state index in [0.717, 1.165) is 0 Å². The minimum atomic E-state index is -0.823. The van der Waals surface area contributed by atoms with Crippen LogP contribution in [0.3, 0.4) is 0 Å². The van der Waals surface area contributed by atoms with Crippen LogP contribution < -0.4 is 30.8 Å². The van der Waals surface area contributed by atoms with Crippen molar-refractivity contribution in [3.8, 4) is 17.2 Å². The molecule has 2 aromatic carbocycles. The fourth-order valence-electron chi connectivity index (χ4n) is 4.52. The molecule has 0 radical (unpaired) electrons. The number of hydrogen-bond acceptors (Lipinski definition) is 7. The highest BCUT2D eigenvalue weighted by atomic mass is 16.5. The van der Waals surface area contributed by atoms with Crippen molar-refractivity contribution in [1.29, 1.82) is 0 Å². The Balaban J connectivity index is 1.87. The Morgan fingerprint density at radius 1 is 0.812 bits per heavy atom. The van der Waals surface area contributed by atoms with Crippen LogP contribution in [0.4, 0.5) is 5.82 Å². The average Bonchev–Trinajstić information content (AvgIpc) is 3.08. The quantitative estimate of drug-likeness (QED) is 0.577. The summed E-state index contributed by atoms with van der Waals surface area (Å²) in [5.74, 6) is 0.291. The maximum Gasteiger partial charge on any atom is 0.327 e. The molecule has 0 bridgehead atoms. The molecule has 0 spiro atoms. The van der Waals surface area contributed by atoms with Crippen LogP contribution in [0.25, 0.3) is 5.70 Å². The van der Waals surface area contributed by atoms with E-state index < -0.39 is 17.2 Å². The van der Waals surface area contributed by atoms with Crippen LogP contribution in [0.2, 0.25) is 0 Å². The molecule has 1 aliphatic carbocycles. The molecule has 9 heteroatoms. The predicted octanol–water partition coefficient (Wildman–Crippen LogP) is 2.25. The summed E-state index contributed by atoms with van der Waals surface area (Å²) in [5.41, 5.74) is 1.62. The van der Waals surface area contributed by atoms with Gasteiger partial charge in [-0.1, -0.05) is 30.3 Å². The number of hydrogen-bond donors (Lipinski definition) is 3. The van der Waals surface area contributed by atoms with Gasteiger partial charge in [0.2, 0.25) is 5.75 Å². The average molecular weight is 433 g/mol. The summed E-state index contributed by atoms with van der Waals surface area (Å²) < 4.78 is 16.6. The Hall–Kier alpha value is -4.27. The summed E-state index contributed by atoms with van der Waals surface area (Å²) in [6, 6.07) is 10.6. The van der Waals surface area contributed by atoms with Crippen LogP contribution in [-0.4, -0.2) is 37.1 Å². The zero-order valence-corrected chi connectivity index (χ0v) is 17.5. The third kappa shape index (κ3) is 2.60. The molecule has 1 unspecified atom stereocenters. The largest absolute Gasteiger partial charge is 0.493 e. The molecule has 1 aliphatic heterocycles. The molecule has 0 saturated heterocycles. The van der Waals surface area contributed by atoms with Crippen molar-refractivity contribution in [3.63, 3.8) is 0 Å². The van der Waals surface area contributed by atoms with E-state index in [2.05, 4.69) is 15.3 Å². The van der Waals surface area contributed by atoms with Gasteiger partial charge in [0.05, 0.1) is 38.5 Å². The highest BCUT2D eigenvalue weighted by molar-refractivity contribution is 6.23. The molecule has 2 aliphatic rings. The van der Waals surface area contributed by atoms with Crippen molar-refractivity contribution in [2.45, 2.75) is 5.92 Å². The molecule has 0 fully saturated rings. The third-order valence-electron chi connectivity index (χ3n) is 5.81. The number of aromatic amines is 2. The van der Waals surface area contributed by atoms with Gasteiger partial charge in [-0.15, -0.1) is 0 Å². The van der Waals surface area contributed by atoms with Crippen molar-refractivity contribution < 1.29 is 19.0 Å². The summed E-state index contributed by atoms with van der Waals surface area (Å²) in [6.07, 6.45) is 0. The lowest BCUT2D eigenvalue weighted by Gasteiger charge is -2.29. The lowest BCUT2D eigenvalue weighted by Crippen LogP contribution is -2.33. The monoisotopic (exact) mass is 433 g/mol. The molecule has 1 atom stereocenters. The predicted molar refractivity (Wildman–Crippen MR) is 117 cm³/mol. The van der Waals surface area contributed by atoms with Gasteiger partial charge in [-0.25, -0.2) is 4.79 Å². The first kappa shape index (κ1) is 19.7. The summed E-state index contributed by atoms with van der Waals surface area (Å²) in [5, 5.41) is 3.10. The van der Waals surface area contributed by atoms with Crippen LogP contribution in [0, 0.1) is 0 Å². The number of Topliss-reactive ketones (excluding diaryl/α,β-unsaturated/α-hetero) is 1. The van der Waals surface area contributed by atoms with Gasteiger partial charge in [-0.3, -0.25) is 19.6 Å². The highest BCUT2D eigenvalue weighted by Gasteiger charge is 2.43. The zero-order valence-electron chi connectivity index (χ0n) is 17.5. The van der Waals surface area contributed by atoms with Gasteiger partial charge in [0.1, 0.15) is 5.82 Å². The third-order valence-corrected chi connectivity index (χ3v) is 5.81. The lowest BCUT2D eigenvalue weighted by atomic mass is 9.81. The van der Waals surface area contributed by atoms with Crippen molar-refractivity contribution in [3.05, 3.63) is 85.1 Å². The molecule has 1 aromatic heterocycles. The van der Waals surface area contributed by atoms with E-state index in [9.17, 15) is 14.4 Å². The number of anilines is 1. The van der Waals surface area contributed by atoms with Crippen molar-refractivity contribution in [2.24, 2.45) is 0 Å². The second-order valence-electron chi connectivity index (χ2n) is 7.34. The molecule has 0 saturated carbocycles. The summed E-state index contributed by atoms with van der Waals surface area (Å²) in [4.78, 5) is 43.4. The molecule has 162 valence electrons. The first-order valence-electron chi connectivity index (χ1n) is 9.80. The molecule has 9 nitrogen and oxygen atoms in total. The Kier molecular flexibility index (Phi) is 4.40. The molecule has 0 amide bonds. The van der Waals surface area contributed by atoms with Crippen molar-refractivity contribution in [1.82, 2.24) is 9.97 Å². The van der Waals surface area contributed by atoms with Gasteiger partial charge in [-0.05, 0) is 6.07 Å². The van der Waals surface area contributed by atoms with Gasteiger partial charge in [-0.2, -0.15) is 0 Å². The standard InChI is InChI=1S/C23H19N3O6/c1-30-13-9-8-12(19(31-2)20(13)32-3)14-15-17(10-6-4-5-7-11(10)18(15)27)24-21-16(14)22(28)26-23(29)25-21/h4-9,14H,1-3H3,(H3,24,25,26,28,29). The number of H-pyrrole nitrogens is 2. The van der Waals surface area contributed by atoms with Gasteiger partial charge < -0.3 is 19.5 Å². The second-order valence-corrected chi connectivity index (χ2v) is 7.34. The van der Waals surface area contributed by atoms with E-state index in [4.69, 9.17) is 14.2 Å². The topological polar surface area (TPSA) is 123 Å². The first-order valence-corrected chi connectivity index (χ1v) is 9.80. The van der Waals surface area contributed by atoms with Crippen LogP contribution in [0.15, 0.2) is 51.6 Å². The number of rotatable bonds is 4.